The van der Waals surface area contributed by atoms with Crippen molar-refractivity contribution in [2.75, 3.05) is 5.75 Å². The minimum Gasteiger partial charge on any atom is -0.254 e. The predicted octanol–water partition coefficient (Wildman–Crippen LogP) is 2.13. The van der Waals surface area contributed by atoms with Crippen LogP contribution in [0, 0.1) is 0 Å². The molecule has 0 spiro atoms. The van der Waals surface area contributed by atoms with Crippen LogP contribution in [-0.4, -0.2) is 9.96 Å². The molecule has 1 saturated heterocycles. The molecule has 1 atom stereocenters. The van der Waals surface area contributed by atoms with E-state index < -0.39 is 10.8 Å². The van der Waals surface area contributed by atoms with Crippen molar-refractivity contribution in [2.45, 2.75) is 25.7 Å². The van der Waals surface area contributed by atoms with Gasteiger partial charge < -0.3 is 0 Å². The third-order valence-corrected chi connectivity index (χ3v) is 3.80. The lowest BCUT2D eigenvalue weighted by Crippen LogP contribution is -2.12. The summed E-state index contributed by atoms with van der Waals surface area (Å²) in [6, 6.07) is 0. The van der Waals surface area contributed by atoms with Crippen molar-refractivity contribution in [2.24, 2.45) is 0 Å². The molecule has 1 aliphatic heterocycles. The summed E-state index contributed by atoms with van der Waals surface area (Å²) in [5.74, 6) is 0.878. The lowest BCUT2D eigenvalue weighted by atomic mass is 10.0. The van der Waals surface area contributed by atoms with Gasteiger partial charge >= 0.3 is 0 Å². The van der Waals surface area contributed by atoms with Gasteiger partial charge in [-0.25, -0.2) is 0 Å². The zero-order chi connectivity index (χ0) is 7.68. The van der Waals surface area contributed by atoms with Crippen LogP contribution in [0.1, 0.15) is 25.7 Å². The minimum atomic E-state index is -0.664. The first kappa shape index (κ1) is 7.29. The molecule has 11 heavy (non-hydrogen) atoms. The molecule has 2 rings (SSSR count). The van der Waals surface area contributed by atoms with Gasteiger partial charge in [0.2, 0.25) is 0 Å². The predicted molar refractivity (Wildman–Crippen MR) is 47.6 cm³/mol. The van der Waals surface area contributed by atoms with E-state index >= 15 is 0 Å². The molecule has 0 N–H and O–H groups in total. The van der Waals surface area contributed by atoms with Gasteiger partial charge in [0.1, 0.15) is 0 Å². The van der Waals surface area contributed by atoms with Crippen LogP contribution in [0.4, 0.5) is 0 Å². The maximum absolute atomic E-state index is 11.4. The SMILES string of the molecule is O=S1CCCC2=CCCC=C21. The molecular formula is C9H12OS. The lowest BCUT2D eigenvalue weighted by molar-refractivity contribution is 0.679. The third kappa shape index (κ3) is 1.32. The molecule has 0 amide bonds. The van der Waals surface area contributed by atoms with Gasteiger partial charge in [-0.1, -0.05) is 12.2 Å². The second-order valence-electron chi connectivity index (χ2n) is 3.03. The zero-order valence-corrected chi connectivity index (χ0v) is 7.32. The molecule has 0 aromatic carbocycles. The molecule has 0 aromatic rings. The first-order valence-corrected chi connectivity index (χ1v) is 5.48. The molecule has 1 aliphatic carbocycles. The molecule has 1 heterocycles. The Balaban J connectivity index is 2.31. The highest BCUT2D eigenvalue weighted by Gasteiger charge is 2.19. The van der Waals surface area contributed by atoms with Gasteiger partial charge in [0, 0.05) is 10.7 Å². The number of rotatable bonds is 0. The van der Waals surface area contributed by atoms with Crippen molar-refractivity contribution in [3.05, 3.63) is 22.6 Å². The molecule has 0 aromatic heterocycles. The van der Waals surface area contributed by atoms with E-state index in [1.54, 1.807) is 0 Å². The largest absolute Gasteiger partial charge is 0.254 e. The van der Waals surface area contributed by atoms with Gasteiger partial charge in [0.25, 0.3) is 0 Å². The fourth-order valence-electron chi connectivity index (χ4n) is 1.67. The van der Waals surface area contributed by atoms with Gasteiger partial charge in [0.15, 0.2) is 0 Å². The van der Waals surface area contributed by atoms with Gasteiger partial charge in [-0.3, -0.25) is 4.21 Å². The first-order valence-electron chi connectivity index (χ1n) is 4.16. The molecule has 2 heteroatoms. The van der Waals surface area contributed by atoms with Crippen LogP contribution in [0.15, 0.2) is 22.6 Å². The van der Waals surface area contributed by atoms with Crippen LogP contribution >= 0.6 is 0 Å². The Kier molecular flexibility index (Phi) is 1.95. The monoisotopic (exact) mass is 168 g/mol. The number of hydrogen-bond donors (Lipinski definition) is 0. The summed E-state index contributed by atoms with van der Waals surface area (Å²) >= 11 is 0. The van der Waals surface area contributed by atoms with Gasteiger partial charge in [0.05, 0.1) is 10.8 Å². The fourth-order valence-corrected chi connectivity index (χ4v) is 3.08. The fraction of sp³-hybridized carbons (Fsp3) is 0.556. The van der Waals surface area contributed by atoms with Crippen molar-refractivity contribution in [1.29, 1.82) is 0 Å². The summed E-state index contributed by atoms with van der Waals surface area (Å²) < 4.78 is 11.4. The van der Waals surface area contributed by atoms with Crippen molar-refractivity contribution in [3.8, 4) is 0 Å². The van der Waals surface area contributed by atoms with E-state index in [9.17, 15) is 4.21 Å². The topological polar surface area (TPSA) is 17.1 Å². The highest BCUT2D eigenvalue weighted by atomic mass is 32.2. The summed E-state index contributed by atoms with van der Waals surface area (Å²) in [7, 11) is -0.664. The second-order valence-corrected chi connectivity index (χ2v) is 4.57. The quantitative estimate of drug-likeness (QED) is 0.541. The smallest absolute Gasteiger partial charge is 0.0529 e. The standard InChI is InChI=1S/C9H12OS/c10-11-7-3-5-8-4-1-2-6-9(8)11/h4,6H,1-3,5,7H2. The molecule has 0 saturated carbocycles. The molecular weight excluding hydrogens is 156 g/mol. The Labute approximate surface area is 69.6 Å². The van der Waals surface area contributed by atoms with E-state index in [0.717, 1.165) is 36.3 Å². The van der Waals surface area contributed by atoms with E-state index in [1.807, 2.05) is 0 Å². The van der Waals surface area contributed by atoms with Gasteiger partial charge in [-0.2, -0.15) is 0 Å². The Bertz CT molecular complexity index is 250. The number of allylic oxidation sites excluding steroid dienone is 3. The third-order valence-electron chi connectivity index (χ3n) is 2.22. The molecule has 0 radical (unpaired) electrons. The van der Waals surface area contributed by atoms with Crippen molar-refractivity contribution in [1.82, 2.24) is 0 Å². The Morgan fingerprint density at radius 3 is 2.91 bits per heavy atom. The van der Waals surface area contributed by atoms with Crippen LogP contribution in [0.5, 0.6) is 0 Å². The maximum Gasteiger partial charge on any atom is 0.0529 e. The summed E-state index contributed by atoms with van der Waals surface area (Å²) in [4.78, 5) is 1.14. The van der Waals surface area contributed by atoms with Crippen LogP contribution in [0.3, 0.4) is 0 Å². The first-order chi connectivity index (χ1) is 5.38. The second kappa shape index (κ2) is 2.94. The maximum atomic E-state index is 11.4. The normalized spacial score (nSPS) is 30.4. The Morgan fingerprint density at radius 1 is 1.27 bits per heavy atom. The van der Waals surface area contributed by atoms with Gasteiger partial charge in [-0.15, -0.1) is 0 Å². The van der Waals surface area contributed by atoms with Crippen molar-refractivity contribution in [3.63, 3.8) is 0 Å². The van der Waals surface area contributed by atoms with E-state index in [1.165, 1.54) is 5.57 Å². The molecule has 1 fully saturated rings. The van der Waals surface area contributed by atoms with E-state index in [-0.39, 0.29) is 0 Å². The van der Waals surface area contributed by atoms with Crippen LogP contribution in [-0.2, 0) is 10.8 Å². The molecule has 1 nitrogen and oxygen atoms in total. The molecule has 0 bridgehead atoms. The summed E-state index contributed by atoms with van der Waals surface area (Å²) in [6.45, 7) is 0. The lowest BCUT2D eigenvalue weighted by Gasteiger charge is -2.20. The highest BCUT2D eigenvalue weighted by molar-refractivity contribution is 7.89. The summed E-state index contributed by atoms with van der Waals surface area (Å²) in [5, 5.41) is 0. The molecule has 60 valence electrons. The molecule has 1 unspecified atom stereocenters. The molecule has 2 aliphatic rings. The average Bonchev–Trinajstić information content (AvgIpc) is 2.06. The van der Waals surface area contributed by atoms with Gasteiger partial charge in [-0.05, 0) is 31.3 Å². The minimum absolute atomic E-state index is 0.664. The zero-order valence-electron chi connectivity index (χ0n) is 6.51. The average molecular weight is 168 g/mol. The Hall–Kier alpha value is -0.370. The van der Waals surface area contributed by atoms with E-state index in [2.05, 4.69) is 12.2 Å². The van der Waals surface area contributed by atoms with E-state index in [0.29, 0.717) is 0 Å². The van der Waals surface area contributed by atoms with E-state index in [4.69, 9.17) is 0 Å². The Morgan fingerprint density at radius 2 is 2.09 bits per heavy atom. The number of fused-ring (bicyclic) bond motifs is 1. The summed E-state index contributed by atoms with van der Waals surface area (Å²) in [6.07, 6.45) is 8.91. The summed E-state index contributed by atoms with van der Waals surface area (Å²) in [5.41, 5.74) is 1.36. The van der Waals surface area contributed by atoms with Crippen LogP contribution in [0.25, 0.3) is 0 Å². The highest BCUT2D eigenvalue weighted by Crippen LogP contribution is 2.29. The van der Waals surface area contributed by atoms with Crippen molar-refractivity contribution < 1.29 is 4.21 Å². The van der Waals surface area contributed by atoms with Crippen LogP contribution < -0.4 is 0 Å². The number of hydrogen-bond acceptors (Lipinski definition) is 1. The van der Waals surface area contributed by atoms with Crippen LogP contribution in [0.2, 0.25) is 0 Å². The van der Waals surface area contributed by atoms with Crippen molar-refractivity contribution >= 4 is 10.8 Å².